The zero-order valence-corrected chi connectivity index (χ0v) is 15.4. The van der Waals surface area contributed by atoms with Gasteiger partial charge in [0.15, 0.2) is 0 Å². The number of anilines is 1. The Balaban J connectivity index is 3.47. The monoisotopic (exact) mass is 324 g/mol. The zero-order chi connectivity index (χ0) is 18.3. The van der Waals surface area contributed by atoms with Gasteiger partial charge in [-0.1, -0.05) is 18.7 Å². The summed E-state index contributed by atoms with van der Waals surface area (Å²) in [5.41, 5.74) is 5.36. The van der Waals surface area contributed by atoms with Crippen LogP contribution in [0.1, 0.15) is 44.6 Å². The first-order chi connectivity index (χ1) is 11.3. The van der Waals surface area contributed by atoms with E-state index in [1.54, 1.807) is 6.08 Å². The largest absolute Gasteiger partial charge is 0.380 e. The quantitative estimate of drug-likeness (QED) is 0.532. The van der Waals surface area contributed by atoms with Crippen molar-refractivity contribution in [1.82, 2.24) is 4.98 Å². The minimum Gasteiger partial charge on any atom is -0.380 e. The van der Waals surface area contributed by atoms with Crippen LogP contribution in [0, 0.1) is 12.3 Å². The number of aliphatic imine (C=N–C) groups is 1. The van der Waals surface area contributed by atoms with Gasteiger partial charge in [0.2, 0.25) is 0 Å². The highest BCUT2D eigenvalue weighted by Gasteiger charge is 2.15. The summed E-state index contributed by atoms with van der Waals surface area (Å²) in [6.45, 7) is 18.1. The van der Waals surface area contributed by atoms with Crippen LogP contribution in [0.2, 0.25) is 0 Å². The van der Waals surface area contributed by atoms with Crippen molar-refractivity contribution < 1.29 is 0 Å². The van der Waals surface area contributed by atoms with Gasteiger partial charge in [-0.05, 0) is 46.3 Å². The van der Waals surface area contributed by atoms with Crippen molar-refractivity contribution in [3.8, 4) is 0 Å². The van der Waals surface area contributed by atoms with Crippen LogP contribution < -0.4 is 5.32 Å². The molecule has 0 radical (unpaired) electrons. The van der Waals surface area contributed by atoms with Gasteiger partial charge in [0, 0.05) is 29.9 Å². The number of aryl methyl sites for hydroxylation is 1. The number of allylic oxidation sites excluding steroid dienone is 3. The lowest BCUT2D eigenvalue weighted by Crippen LogP contribution is -2.12. The van der Waals surface area contributed by atoms with Gasteiger partial charge in [0.25, 0.3) is 0 Å². The lowest BCUT2D eigenvalue weighted by molar-refractivity contribution is 0.842. The average molecular weight is 324 g/mol. The first-order valence-corrected chi connectivity index (χ1v) is 8.12. The first-order valence-electron chi connectivity index (χ1n) is 8.12. The molecule has 0 saturated carbocycles. The molecule has 0 amide bonds. The summed E-state index contributed by atoms with van der Waals surface area (Å²) in [4.78, 5) is 9.14. The maximum absolute atomic E-state index is 8.38. The molecule has 0 aliphatic heterocycles. The molecule has 1 aromatic rings. The van der Waals surface area contributed by atoms with Crippen LogP contribution in [0.25, 0.3) is 5.57 Å². The number of nitrogens with one attached hydrogen (secondary N) is 2. The number of pyridine rings is 1. The highest BCUT2D eigenvalue weighted by Crippen LogP contribution is 2.25. The molecule has 0 bridgehead atoms. The van der Waals surface area contributed by atoms with Crippen molar-refractivity contribution in [3.05, 3.63) is 53.9 Å². The number of hydrogen-bond acceptors (Lipinski definition) is 4. The molecule has 0 saturated heterocycles. The molecule has 0 aromatic carbocycles. The summed E-state index contributed by atoms with van der Waals surface area (Å²) in [5.74, 6) is 0. The molecule has 128 valence electrons. The molecular formula is C20H28N4. The molecule has 0 fully saturated rings. The lowest BCUT2D eigenvalue weighted by atomic mass is 9.99. The minimum atomic E-state index is 0.225. The molecular weight excluding hydrogens is 296 g/mol. The Kier molecular flexibility index (Phi) is 7.31. The van der Waals surface area contributed by atoms with Gasteiger partial charge in [-0.2, -0.15) is 0 Å². The summed E-state index contributed by atoms with van der Waals surface area (Å²) in [5, 5.41) is 11.7. The number of nitrogens with zero attached hydrogens (tertiary/aromatic N) is 2. The fourth-order valence-electron chi connectivity index (χ4n) is 2.16. The van der Waals surface area contributed by atoms with Gasteiger partial charge in [-0.25, -0.2) is 0 Å². The van der Waals surface area contributed by atoms with Gasteiger partial charge in [0.1, 0.15) is 0 Å². The van der Waals surface area contributed by atoms with Crippen molar-refractivity contribution in [1.29, 1.82) is 5.41 Å². The van der Waals surface area contributed by atoms with E-state index in [4.69, 9.17) is 10.4 Å². The van der Waals surface area contributed by atoms with Gasteiger partial charge >= 0.3 is 0 Å². The van der Waals surface area contributed by atoms with E-state index in [0.717, 1.165) is 28.2 Å². The molecule has 4 nitrogen and oxygen atoms in total. The summed E-state index contributed by atoms with van der Waals surface area (Å²) in [6, 6.07) is 2.15. The Morgan fingerprint density at radius 3 is 2.62 bits per heavy atom. The van der Waals surface area contributed by atoms with E-state index < -0.39 is 0 Å². The van der Waals surface area contributed by atoms with Crippen LogP contribution in [-0.2, 0) is 0 Å². The standard InChI is InChI=1S/C20H28N4/c1-8-10-22-20-15(7)24-18(11-17(20)19(21)13(3)4)16(9-2)12-23-14(5)6/h8-9,11-12,14,21-22H,1,3,10H2,2,4-7H3/b16-9+,21-19?,23-12-. The van der Waals surface area contributed by atoms with Crippen molar-refractivity contribution in [2.24, 2.45) is 4.99 Å². The molecule has 4 heteroatoms. The molecule has 0 aliphatic carbocycles. The van der Waals surface area contributed by atoms with E-state index in [-0.39, 0.29) is 6.04 Å². The molecule has 0 unspecified atom stereocenters. The second-order valence-electron chi connectivity index (χ2n) is 5.96. The normalized spacial score (nSPS) is 11.8. The SMILES string of the molecule is C=CCNc1c(C(=N)C(=C)C)cc(C(/C=N\C(C)C)=C/C)nc1C. The molecule has 0 spiro atoms. The Morgan fingerprint density at radius 1 is 1.46 bits per heavy atom. The van der Waals surface area contributed by atoms with E-state index in [0.29, 0.717) is 17.8 Å². The number of aromatic nitrogens is 1. The summed E-state index contributed by atoms with van der Waals surface area (Å²) < 4.78 is 0. The van der Waals surface area contributed by atoms with Crippen molar-refractivity contribution in [3.63, 3.8) is 0 Å². The van der Waals surface area contributed by atoms with Gasteiger partial charge in [-0.3, -0.25) is 15.4 Å². The highest BCUT2D eigenvalue weighted by molar-refractivity contribution is 6.15. The third kappa shape index (κ3) is 5.01. The minimum absolute atomic E-state index is 0.225. The fraction of sp³-hybridized carbons (Fsp3) is 0.350. The predicted octanol–water partition coefficient (Wildman–Crippen LogP) is 4.81. The third-order valence-electron chi connectivity index (χ3n) is 3.44. The summed E-state index contributed by atoms with van der Waals surface area (Å²) >= 11 is 0. The van der Waals surface area contributed by atoms with Crippen molar-refractivity contribution >= 4 is 23.2 Å². The smallest absolute Gasteiger partial charge is 0.0725 e. The summed E-state index contributed by atoms with van der Waals surface area (Å²) in [7, 11) is 0. The molecule has 0 atom stereocenters. The Labute approximate surface area is 145 Å². The maximum atomic E-state index is 8.38. The number of hydrogen-bond donors (Lipinski definition) is 2. The average Bonchev–Trinajstić information content (AvgIpc) is 2.52. The highest BCUT2D eigenvalue weighted by atomic mass is 14.9. The van der Waals surface area contributed by atoms with Crippen molar-refractivity contribution in [2.45, 2.75) is 40.7 Å². The van der Waals surface area contributed by atoms with E-state index >= 15 is 0 Å². The third-order valence-corrected chi connectivity index (χ3v) is 3.44. The topological polar surface area (TPSA) is 61.1 Å². The van der Waals surface area contributed by atoms with Crippen LogP contribution in [0.4, 0.5) is 5.69 Å². The maximum Gasteiger partial charge on any atom is 0.0725 e. The van der Waals surface area contributed by atoms with E-state index in [2.05, 4.69) is 23.5 Å². The van der Waals surface area contributed by atoms with Gasteiger partial charge < -0.3 is 5.32 Å². The van der Waals surface area contributed by atoms with Crippen LogP contribution in [0.15, 0.2) is 41.9 Å². The van der Waals surface area contributed by atoms with E-state index in [9.17, 15) is 0 Å². The Morgan fingerprint density at radius 2 is 2.12 bits per heavy atom. The van der Waals surface area contributed by atoms with Crippen molar-refractivity contribution in [2.75, 3.05) is 11.9 Å². The first kappa shape index (κ1) is 19.6. The molecule has 0 aliphatic rings. The van der Waals surface area contributed by atoms with E-state index in [1.807, 2.05) is 53.0 Å². The zero-order valence-electron chi connectivity index (χ0n) is 15.4. The molecule has 1 aromatic heterocycles. The van der Waals surface area contributed by atoms with Crippen LogP contribution in [0.3, 0.4) is 0 Å². The number of rotatable bonds is 8. The Hall–Kier alpha value is -2.49. The fourth-order valence-corrected chi connectivity index (χ4v) is 2.16. The van der Waals surface area contributed by atoms with Crippen LogP contribution in [0.5, 0.6) is 0 Å². The molecule has 1 rings (SSSR count). The molecule has 2 N–H and O–H groups in total. The predicted molar refractivity (Wildman–Crippen MR) is 107 cm³/mol. The molecule has 24 heavy (non-hydrogen) atoms. The second-order valence-corrected chi connectivity index (χ2v) is 5.96. The van der Waals surface area contributed by atoms with Crippen LogP contribution in [-0.4, -0.2) is 29.5 Å². The lowest BCUT2D eigenvalue weighted by Gasteiger charge is -2.16. The van der Waals surface area contributed by atoms with Crippen LogP contribution >= 0.6 is 0 Å². The second kappa shape index (κ2) is 8.96. The summed E-state index contributed by atoms with van der Waals surface area (Å²) in [6.07, 6.45) is 5.62. The molecule has 1 heterocycles. The van der Waals surface area contributed by atoms with Gasteiger partial charge in [0.05, 0.1) is 22.8 Å². The van der Waals surface area contributed by atoms with Gasteiger partial charge in [-0.15, -0.1) is 6.58 Å². The van der Waals surface area contributed by atoms with E-state index in [1.165, 1.54) is 0 Å². The Bertz CT molecular complexity index is 694.